The van der Waals surface area contributed by atoms with Crippen LogP contribution in [0, 0.1) is 6.92 Å². The summed E-state index contributed by atoms with van der Waals surface area (Å²) in [5.41, 5.74) is 4.24. The van der Waals surface area contributed by atoms with Crippen molar-refractivity contribution in [3.05, 3.63) is 54.1 Å². The van der Waals surface area contributed by atoms with Crippen LogP contribution in [0.4, 0.5) is 5.82 Å². The van der Waals surface area contributed by atoms with E-state index in [0.717, 1.165) is 22.3 Å². The van der Waals surface area contributed by atoms with Gasteiger partial charge in [0.05, 0.1) is 5.52 Å². The lowest BCUT2D eigenvalue weighted by Gasteiger charge is -2.09. The van der Waals surface area contributed by atoms with Gasteiger partial charge in [0.2, 0.25) is 0 Å². The molecule has 0 bridgehead atoms. The van der Waals surface area contributed by atoms with E-state index in [1.807, 2.05) is 37.3 Å². The molecule has 0 saturated carbocycles. The predicted octanol–water partition coefficient (Wildman–Crippen LogP) is 2.20. The van der Waals surface area contributed by atoms with Crippen LogP contribution in [0.3, 0.4) is 0 Å². The van der Waals surface area contributed by atoms with Crippen LogP contribution in [0.15, 0.2) is 42.6 Å². The van der Waals surface area contributed by atoms with Crippen LogP contribution in [0.25, 0.3) is 10.9 Å². The van der Waals surface area contributed by atoms with Gasteiger partial charge in [-0.25, -0.2) is 15.8 Å². The van der Waals surface area contributed by atoms with Gasteiger partial charge < -0.3 is 10.2 Å². The molecular formula is C15H15N5O. The zero-order valence-corrected chi connectivity index (χ0v) is 11.6. The summed E-state index contributed by atoms with van der Waals surface area (Å²) < 4.78 is 5.83. The normalized spacial score (nSPS) is 10.6. The molecule has 6 nitrogen and oxygen atoms in total. The molecule has 0 aliphatic rings. The van der Waals surface area contributed by atoms with Crippen molar-refractivity contribution in [3.63, 3.8) is 0 Å². The van der Waals surface area contributed by atoms with Crippen molar-refractivity contribution < 1.29 is 4.74 Å². The molecule has 0 unspecified atom stereocenters. The van der Waals surface area contributed by atoms with Gasteiger partial charge in [-0.15, -0.1) is 0 Å². The number of fused-ring (bicyclic) bond motifs is 1. The highest BCUT2D eigenvalue weighted by Crippen LogP contribution is 2.24. The molecule has 3 N–H and O–H groups in total. The topological polar surface area (TPSA) is 86.0 Å². The Hall–Kier alpha value is -2.73. The number of nitrogen functional groups attached to an aromatic ring is 1. The number of pyridine rings is 1. The minimum atomic E-state index is 0.268. The summed E-state index contributed by atoms with van der Waals surface area (Å²) in [7, 11) is 0. The van der Waals surface area contributed by atoms with E-state index >= 15 is 0 Å². The van der Waals surface area contributed by atoms with Crippen molar-refractivity contribution in [1.29, 1.82) is 0 Å². The van der Waals surface area contributed by atoms with E-state index in [1.54, 1.807) is 12.3 Å². The summed E-state index contributed by atoms with van der Waals surface area (Å²) in [6.45, 7) is 2.15. The molecule has 3 rings (SSSR count). The Labute approximate surface area is 122 Å². The second-order valence-corrected chi connectivity index (χ2v) is 4.57. The standard InChI is InChI=1S/C15H15N5O/c1-10-8-14(20-16)19-15(18-10)9-21-13-6-2-5-12-11(13)4-3-7-17-12/h2-8H,9,16H2,1H3,(H,18,19,20). The Balaban J connectivity index is 1.85. The Morgan fingerprint density at radius 3 is 2.95 bits per heavy atom. The highest BCUT2D eigenvalue weighted by Gasteiger charge is 2.05. The van der Waals surface area contributed by atoms with Crippen molar-refractivity contribution in [2.75, 3.05) is 5.43 Å². The van der Waals surface area contributed by atoms with E-state index in [1.165, 1.54) is 0 Å². The second-order valence-electron chi connectivity index (χ2n) is 4.57. The first kappa shape index (κ1) is 13.3. The van der Waals surface area contributed by atoms with Crippen molar-refractivity contribution in [2.24, 2.45) is 5.84 Å². The fourth-order valence-corrected chi connectivity index (χ4v) is 2.11. The van der Waals surface area contributed by atoms with E-state index < -0.39 is 0 Å². The van der Waals surface area contributed by atoms with Crippen LogP contribution in [-0.2, 0) is 6.61 Å². The van der Waals surface area contributed by atoms with Gasteiger partial charge >= 0.3 is 0 Å². The lowest BCUT2D eigenvalue weighted by atomic mass is 10.2. The molecule has 0 fully saturated rings. The Kier molecular flexibility index (Phi) is 3.61. The monoisotopic (exact) mass is 281 g/mol. The number of hydrogen-bond acceptors (Lipinski definition) is 6. The lowest BCUT2D eigenvalue weighted by molar-refractivity contribution is 0.299. The zero-order chi connectivity index (χ0) is 14.7. The molecule has 2 aromatic heterocycles. The molecule has 0 atom stereocenters. The molecule has 0 radical (unpaired) electrons. The number of aromatic nitrogens is 3. The highest BCUT2D eigenvalue weighted by atomic mass is 16.5. The first-order valence-corrected chi connectivity index (χ1v) is 6.54. The molecule has 0 saturated heterocycles. The maximum Gasteiger partial charge on any atom is 0.168 e. The van der Waals surface area contributed by atoms with E-state index in [2.05, 4.69) is 20.4 Å². The predicted molar refractivity (Wildman–Crippen MR) is 80.7 cm³/mol. The van der Waals surface area contributed by atoms with Crippen LogP contribution in [0.1, 0.15) is 11.5 Å². The van der Waals surface area contributed by atoms with Gasteiger partial charge in [-0.3, -0.25) is 4.98 Å². The molecule has 106 valence electrons. The molecule has 0 amide bonds. The van der Waals surface area contributed by atoms with Crippen molar-refractivity contribution >= 4 is 16.7 Å². The van der Waals surface area contributed by atoms with Crippen LogP contribution >= 0.6 is 0 Å². The van der Waals surface area contributed by atoms with Gasteiger partial charge in [-0.1, -0.05) is 6.07 Å². The molecule has 21 heavy (non-hydrogen) atoms. The zero-order valence-electron chi connectivity index (χ0n) is 11.6. The van der Waals surface area contributed by atoms with E-state index in [0.29, 0.717) is 11.6 Å². The quantitative estimate of drug-likeness (QED) is 0.563. The third-order valence-corrected chi connectivity index (χ3v) is 3.01. The first-order valence-electron chi connectivity index (χ1n) is 6.54. The number of hydrazine groups is 1. The number of rotatable bonds is 4. The number of hydrogen-bond donors (Lipinski definition) is 2. The van der Waals surface area contributed by atoms with Crippen molar-refractivity contribution in [2.45, 2.75) is 13.5 Å². The molecule has 0 spiro atoms. The Morgan fingerprint density at radius 1 is 1.19 bits per heavy atom. The van der Waals surface area contributed by atoms with Crippen LogP contribution in [0.2, 0.25) is 0 Å². The third kappa shape index (κ3) is 2.90. The van der Waals surface area contributed by atoms with Gasteiger partial charge in [0.15, 0.2) is 5.82 Å². The summed E-state index contributed by atoms with van der Waals surface area (Å²) in [5, 5.41) is 0.963. The van der Waals surface area contributed by atoms with Gasteiger partial charge in [0.1, 0.15) is 18.2 Å². The summed E-state index contributed by atoms with van der Waals surface area (Å²) in [6, 6.07) is 11.4. The molecule has 3 aromatic rings. The smallest absolute Gasteiger partial charge is 0.168 e. The second kappa shape index (κ2) is 5.72. The number of anilines is 1. The largest absolute Gasteiger partial charge is 0.485 e. The van der Waals surface area contributed by atoms with Crippen LogP contribution < -0.4 is 16.0 Å². The van der Waals surface area contributed by atoms with Gasteiger partial charge in [0.25, 0.3) is 0 Å². The summed E-state index contributed by atoms with van der Waals surface area (Å²) in [4.78, 5) is 12.9. The molecule has 6 heteroatoms. The fraction of sp³-hybridized carbons (Fsp3) is 0.133. The SMILES string of the molecule is Cc1cc(NN)nc(COc2cccc3ncccc23)n1. The van der Waals surface area contributed by atoms with Gasteiger partial charge in [0, 0.05) is 23.3 Å². The minimum Gasteiger partial charge on any atom is -0.485 e. The summed E-state index contributed by atoms with van der Waals surface area (Å²) in [5.74, 6) is 7.28. The molecular weight excluding hydrogens is 266 g/mol. The van der Waals surface area contributed by atoms with Crippen LogP contribution in [0.5, 0.6) is 5.75 Å². The third-order valence-electron chi connectivity index (χ3n) is 3.01. The van der Waals surface area contributed by atoms with Gasteiger partial charge in [-0.2, -0.15) is 0 Å². The average Bonchev–Trinajstić information content (AvgIpc) is 2.52. The fourth-order valence-electron chi connectivity index (χ4n) is 2.11. The maximum absolute atomic E-state index is 5.83. The number of ether oxygens (including phenoxy) is 1. The maximum atomic E-state index is 5.83. The first-order chi connectivity index (χ1) is 10.3. The number of nitrogens with one attached hydrogen (secondary N) is 1. The molecule has 1 aromatic carbocycles. The van der Waals surface area contributed by atoms with E-state index in [4.69, 9.17) is 10.6 Å². The van der Waals surface area contributed by atoms with Crippen molar-refractivity contribution in [1.82, 2.24) is 15.0 Å². The average molecular weight is 281 g/mol. The number of benzene rings is 1. The molecule has 0 aliphatic carbocycles. The summed E-state index contributed by atoms with van der Waals surface area (Å²) >= 11 is 0. The van der Waals surface area contributed by atoms with Crippen molar-refractivity contribution in [3.8, 4) is 5.75 Å². The van der Waals surface area contributed by atoms with E-state index in [-0.39, 0.29) is 6.61 Å². The molecule has 2 heterocycles. The van der Waals surface area contributed by atoms with E-state index in [9.17, 15) is 0 Å². The van der Waals surface area contributed by atoms with Gasteiger partial charge in [-0.05, 0) is 31.2 Å². The Bertz CT molecular complexity index is 770. The molecule has 0 aliphatic heterocycles. The van der Waals surface area contributed by atoms with Crippen LogP contribution in [-0.4, -0.2) is 15.0 Å². The Morgan fingerprint density at radius 2 is 2.10 bits per heavy atom. The lowest BCUT2D eigenvalue weighted by Crippen LogP contribution is -2.12. The number of nitrogens with zero attached hydrogens (tertiary/aromatic N) is 3. The minimum absolute atomic E-state index is 0.268. The highest BCUT2D eigenvalue weighted by molar-refractivity contribution is 5.84. The summed E-state index contributed by atoms with van der Waals surface area (Å²) in [6.07, 6.45) is 1.76. The number of aryl methyl sites for hydroxylation is 1. The number of nitrogens with two attached hydrogens (primary N) is 1.